The zero-order valence-electron chi connectivity index (χ0n) is 10.9. The molecule has 2 unspecified atom stereocenters. The first-order valence-corrected chi connectivity index (χ1v) is 6.49. The average molecular weight is 274 g/mol. The summed E-state index contributed by atoms with van der Waals surface area (Å²) in [4.78, 5) is 37.3. The number of hydrogen-bond donors (Lipinski definition) is 2. The Kier molecular flexibility index (Phi) is 2.74. The van der Waals surface area contributed by atoms with E-state index in [-0.39, 0.29) is 35.2 Å². The van der Waals surface area contributed by atoms with E-state index in [1.807, 2.05) is 0 Å². The van der Waals surface area contributed by atoms with E-state index in [9.17, 15) is 19.5 Å². The normalized spacial score (nSPS) is 25.6. The minimum atomic E-state index is -0.408. The Labute approximate surface area is 115 Å². The van der Waals surface area contributed by atoms with Gasteiger partial charge in [0, 0.05) is 12.5 Å². The molecule has 3 rings (SSSR count). The lowest BCUT2D eigenvalue weighted by atomic mass is 9.98. The molecule has 104 valence electrons. The van der Waals surface area contributed by atoms with E-state index >= 15 is 0 Å². The average Bonchev–Trinajstić information content (AvgIpc) is 2.63. The van der Waals surface area contributed by atoms with Crippen LogP contribution in [0.3, 0.4) is 0 Å². The van der Waals surface area contributed by atoms with Crippen molar-refractivity contribution < 1.29 is 19.5 Å². The maximum atomic E-state index is 12.4. The van der Waals surface area contributed by atoms with E-state index in [0.717, 1.165) is 0 Å². The van der Waals surface area contributed by atoms with Crippen LogP contribution in [0.1, 0.15) is 40.5 Å². The van der Waals surface area contributed by atoms with Gasteiger partial charge in [-0.3, -0.25) is 19.3 Å². The molecule has 2 aliphatic heterocycles. The van der Waals surface area contributed by atoms with Gasteiger partial charge in [0.05, 0.1) is 17.2 Å². The molecule has 1 aromatic carbocycles. The first-order valence-electron chi connectivity index (χ1n) is 6.49. The van der Waals surface area contributed by atoms with Crippen LogP contribution in [0.5, 0.6) is 5.75 Å². The zero-order valence-corrected chi connectivity index (χ0v) is 10.9. The number of hydrogen-bond acceptors (Lipinski definition) is 4. The Morgan fingerprint density at radius 1 is 1.20 bits per heavy atom. The van der Waals surface area contributed by atoms with Crippen molar-refractivity contribution in [1.29, 1.82) is 0 Å². The summed E-state index contributed by atoms with van der Waals surface area (Å²) in [6, 6.07) is 3.53. The standard InChI is InChI=1S/C14H14N2O4/c1-7-11(4-5-12(18)15-7)16-13(19)9-3-2-8(17)6-10(9)14(16)20/h2-3,6-7,11,17H,4-5H2,1H3,(H,15,18). The monoisotopic (exact) mass is 274 g/mol. The van der Waals surface area contributed by atoms with Crippen molar-refractivity contribution in [3.05, 3.63) is 29.3 Å². The minimum absolute atomic E-state index is 0.0447. The Morgan fingerprint density at radius 2 is 1.90 bits per heavy atom. The number of carbonyl (C=O) groups is 3. The first kappa shape index (κ1) is 12.7. The number of aromatic hydroxyl groups is 1. The molecule has 0 aliphatic carbocycles. The molecule has 2 aliphatic rings. The van der Waals surface area contributed by atoms with Crippen LogP contribution in [0.15, 0.2) is 18.2 Å². The number of fused-ring (bicyclic) bond motifs is 1. The number of imide groups is 1. The van der Waals surface area contributed by atoms with Gasteiger partial charge >= 0.3 is 0 Å². The zero-order chi connectivity index (χ0) is 14.4. The summed E-state index contributed by atoms with van der Waals surface area (Å²) in [5, 5.41) is 12.2. The first-order chi connectivity index (χ1) is 9.49. The van der Waals surface area contributed by atoms with Crippen LogP contribution in [0, 0.1) is 0 Å². The van der Waals surface area contributed by atoms with Crippen molar-refractivity contribution in [3.8, 4) is 5.75 Å². The van der Waals surface area contributed by atoms with Gasteiger partial charge in [0.2, 0.25) is 5.91 Å². The number of phenols is 1. The van der Waals surface area contributed by atoms with Gasteiger partial charge in [0.15, 0.2) is 0 Å². The molecule has 0 saturated carbocycles. The van der Waals surface area contributed by atoms with Crippen molar-refractivity contribution >= 4 is 17.7 Å². The summed E-state index contributed by atoms with van der Waals surface area (Å²) in [5.41, 5.74) is 0.524. The van der Waals surface area contributed by atoms with Gasteiger partial charge in [0.25, 0.3) is 11.8 Å². The van der Waals surface area contributed by atoms with Crippen LogP contribution < -0.4 is 5.32 Å². The minimum Gasteiger partial charge on any atom is -0.508 e. The second kappa shape index (κ2) is 4.33. The number of amides is 3. The molecule has 1 aromatic rings. The molecule has 0 aromatic heterocycles. The fraction of sp³-hybridized carbons (Fsp3) is 0.357. The summed E-state index contributed by atoms with van der Waals surface area (Å²) in [5.74, 6) is -0.883. The molecule has 1 saturated heterocycles. The fourth-order valence-electron chi connectivity index (χ4n) is 2.85. The molecular weight excluding hydrogens is 260 g/mol. The van der Waals surface area contributed by atoms with E-state index in [0.29, 0.717) is 18.4 Å². The summed E-state index contributed by atoms with van der Waals surface area (Å²) < 4.78 is 0. The Morgan fingerprint density at radius 3 is 2.60 bits per heavy atom. The molecular formula is C14H14N2O4. The molecule has 0 radical (unpaired) electrons. The van der Waals surface area contributed by atoms with Gasteiger partial charge in [-0.15, -0.1) is 0 Å². The van der Waals surface area contributed by atoms with Gasteiger partial charge in [-0.2, -0.15) is 0 Å². The van der Waals surface area contributed by atoms with Crippen LogP contribution in [0.25, 0.3) is 0 Å². The van der Waals surface area contributed by atoms with E-state index < -0.39 is 5.91 Å². The van der Waals surface area contributed by atoms with Crippen LogP contribution in [-0.2, 0) is 4.79 Å². The molecule has 2 N–H and O–H groups in total. The van der Waals surface area contributed by atoms with Crippen molar-refractivity contribution in [3.63, 3.8) is 0 Å². The van der Waals surface area contributed by atoms with Gasteiger partial charge in [-0.25, -0.2) is 0 Å². The quantitative estimate of drug-likeness (QED) is 0.736. The molecule has 20 heavy (non-hydrogen) atoms. The highest BCUT2D eigenvalue weighted by atomic mass is 16.3. The molecule has 0 spiro atoms. The molecule has 2 atom stereocenters. The molecule has 2 heterocycles. The van der Waals surface area contributed by atoms with Crippen molar-refractivity contribution in [1.82, 2.24) is 10.2 Å². The predicted octanol–water partition coefficient (Wildman–Crippen LogP) is 0.655. The number of benzene rings is 1. The molecule has 0 bridgehead atoms. The van der Waals surface area contributed by atoms with Crippen LogP contribution in [-0.4, -0.2) is 39.8 Å². The Hall–Kier alpha value is -2.37. The highest BCUT2D eigenvalue weighted by Gasteiger charge is 2.43. The van der Waals surface area contributed by atoms with Crippen molar-refractivity contribution in [2.24, 2.45) is 0 Å². The predicted molar refractivity (Wildman–Crippen MR) is 69.2 cm³/mol. The summed E-state index contributed by atoms with van der Waals surface area (Å²) >= 11 is 0. The largest absolute Gasteiger partial charge is 0.508 e. The third kappa shape index (κ3) is 1.76. The van der Waals surface area contributed by atoms with Gasteiger partial charge < -0.3 is 10.4 Å². The van der Waals surface area contributed by atoms with Crippen LogP contribution in [0.2, 0.25) is 0 Å². The van der Waals surface area contributed by atoms with Crippen molar-refractivity contribution in [2.45, 2.75) is 31.8 Å². The number of nitrogens with zero attached hydrogens (tertiary/aromatic N) is 1. The lowest BCUT2D eigenvalue weighted by Crippen LogP contribution is -2.55. The number of carbonyl (C=O) groups excluding carboxylic acids is 3. The molecule has 6 nitrogen and oxygen atoms in total. The maximum Gasteiger partial charge on any atom is 0.262 e. The third-order valence-electron chi connectivity index (χ3n) is 3.87. The fourth-order valence-corrected chi connectivity index (χ4v) is 2.85. The van der Waals surface area contributed by atoms with Crippen molar-refractivity contribution in [2.75, 3.05) is 0 Å². The molecule has 1 fully saturated rings. The SMILES string of the molecule is CC1NC(=O)CCC1N1C(=O)c2ccc(O)cc2C1=O. The lowest BCUT2D eigenvalue weighted by Gasteiger charge is -2.35. The Bertz CT molecular complexity index is 626. The summed E-state index contributed by atoms with van der Waals surface area (Å²) in [7, 11) is 0. The summed E-state index contributed by atoms with van der Waals surface area (Å²) in [6.07, 6.45) is 0.762. The third-order valence-corrected chi connectivity index (χ3v) is 3.87. The number of nitrogens with one attached hydrogen (secondary N) is 1. The molecule has 3 amide bonds. The lowest BCUT2D eigenvalue weighted by molar-refractivity contribution is -0.124. The Balaban J connectivity index is 1.95. The van der Waals surface area contributed by atoms with E-state index in [1.54, 1.807) is 6.92 Å². The second-order valence-electron chi connectivity index (χ2n) is 5.17. The number of phenolic OH excluding ortho intramolecular Hbond substituents is 1. The van der Waals surface area contributed by atoms with E-state index in [4.69, 9.17) is 0 Å². The van der Waals surface area contributed by atoms with Gasteiger partial charge in [-0.1, -0.05) is 0 Å². The van der Waals surface area contributed by atoms with E-state index in [2.05, 4.69) is 5.32 Å². The van der Waals surface area contributed by atoms with Gasteiger partial charge in [-0.05, 0) is 31.5 Å². The van der Waals surface area contributed by atoms with Crippen LogP contribution >= 0.6 is 0 Å². The number of piperidine rings is 1. The van der Waals surface area contributed by atoms with Gasteiger partial charge in [0.1, 0.15) is 5.75 Å². The maximum absolute atomic E-state index is 12.4. The second-order valence-corrected chi connectivity index (χ2v) is 5.17. The van der Waals surface area contributed by atoms with Crippen LogP contribution in [0.4, 0.5) is 0 Å². The summed E-state index contributed by atoms with van der Waals surface area (Å²) in [6.45, 7) is 1.78. The molecule has 6 heteroatoms. The smallest absolute Gasteiger partial charge is 0.262 e. The topological polar surface area (TPSA) is 86.7 Å². The highest BCUT2D eigenvalue weighted by molar-refractivity contribution is 6.21. The highest BCUT2D eigenvalue weighted by Crippen LogP contribution is 2.30. The number of rotatable bonds is 1. The van der Waals surface area contributed by atoms with E-state index in [1.165, 1.54) is 23.1 Å².